The summed E-state index contributed by atoms with van der Waals surface area (Å²) >= 11 is 0. The summed E-state index contributed by atoms with van der Waals surface area (Å²) in [6, 6.07) is 0.150. The molecule has 6 heteroatoms. The van der Waals surface area contributed by atoms with Gasteiger partial charge in [-0.3, -0.25) is 9.59 Å². The van der Waals surface area contributed by atoms with E-state index in [1.165, 1.54) is 0 Å². The van der Waals surface area contributed by atoms with E-state index in [2.05, 4.69) is 10.3 Å². The predicted molar refractivity (Wildman–Crippen MR) is 84.6 cm³/mol. The quantitative estimate of drug-likeness (QED) is 0.895. The lowest BCUT2D eigenvalue weighted by atomic mass is 9.95. The molecular weight excluding hydrogens is 280 g/mol. The summed E-state index contributed by atoms with van der Waals surface area (Å²) in [5.74, 6) is 0.0373. The number of carbonyl (C=O) groups is 2. The smallest absolute Gasteiger partial charge is 0.274 e. The maximum absolute atomic E-state index is 12.5. The van der Waals surface area contributed by atoms with Crippen LogP contribution in [0.1, 0.15) is 50.3 Å². The van der Waals surface area contributed by atoms with Crippen LogP contribution in [0.15, 0.2) is 6.33 Å². The first kappa shape index (κ1) is 16.5. The van der Waals surface area contributed by atoms with Gasteiger partial charge in [-0.25, -0.2) is 4.98 Å². The SMILES string of the molecule is CCN(CC)C(=O)c1ncn2c1CCC(C(=O)NC(C)C)C2. The lowest BCUT2D eigenvalue weighted by molar-refractivity contribution is -0.126. The van der Waals surface area contributed by atoms with Crippen LogP contribution in [0.25, 0.3) is 0 Å². The molecule has 2 rings (SSSR count). The second kappa shape index (κ2) is 6.94. The molecule has 0 aliphatic carbocycles. The van der Waals surface area contributed by atoms with Crippen molar-refractivity contribution in [3.8, 4) is 0 Å². The Kier molecular flexibility index (Phi) is 5.21. The lowest BCUT2D eigenvalue weighted by Crippen LogP contribution is -2.39. The zero-order chi connectivity index (χ0) is 16.3. The monoisotopic (exact) mass is 306 g/mol. The molecular formula is C16H26N4O2. The number of imidazole rings is 1. The fraction of sp³-hybridized carbons (Fsp3) is 0.688. The van der Waals surface area contributed by atoms with E-state index in [9.17, 15) is 9.59 Å². The van der Waals surface area contributed by atoms with E-state index in [4.69, 9.17) is 0 Å². The maximum Gasteiger partial charge on any atom is 0.274 e. The number of nitrogens with one attached hydrogen (secondary N) is 1. The van der Waals surface area contributed by atoms with Crippen LogP contribution in [-0.2, 0) is 17.8 Å². The van der Waals surface area contributed by atoms with Crippen LogP contribution >= 0.6 is 0 Å². The number of aromatic nitrogens is 2. The minimum absolute atomic E-state index is 0.0103. The number of fused-ring (bicyclic) bond motifs is 1. The molecule has 0 bridgehead atoms. The van der Waals surface area contributed by atoms with Gasteiger partial charge in [0.15, 0.2) is 0 Å². The summed E-state index contributed by atoms with van der Waals surface area (Å²) < 4.78 is 1.96. The molecule has 22 heavy (non-hydrogen) atoms. The predicted octanol–water partition coefficient (Wildman–Crippen LogP) is 1.45. The van der Waals surface area contributed by atoms with Crippen LogP contribution in [0.4, 0.5) is 0 Å². The number of nitrogens with zero attached hydrogens (tertiary/aromatic N) is 3. The Morgan fingerprint density at radius 3 is 2.68 bits per heavy atom. The van der Waals surface area contributed by atoms with Crippen LogP contribution in [-0.4, -0.2) is 45.4 Å². The van der Waals surface area contributed by atoms with Crippen LogP contribution in [0.2, 0.25) is 0 Å². The van der Waals surface area contributed by atoms with Gasteiger partial charge < -0.3 is 14.8 Å². The summed E-state index contributed by atoms with van der Waals surface area (Å²) in [7, 11) is 0. The Hall–Kier alpha value is -1.85. The van der Waals surface area contributed by atoms with E-state index in [-0.39, 0.29) is 23.8 Å². The fourth-order valence-corrected chi connectivity index (χ4v) is 2.92. The van der Waals surface area contributed by atoms with Gasteiger partial charge in [0.05, 0.1) is 17.9 Å². The number of rotatable bonds is 5. The van der Waals surface area contributed by atoms with Crippen molar-refractivity contribution in [2.45, 2.75) is 53.1 Å². The summed E-state index contributed by atoms with van der Waals surface area (Å²) in [4.78, 5) is 30.7. The Labute approximate surface area is 131 Å². The average Bonchev–Trinajstić information content (AvgIpc) is 2.90. The van der Waals surface area contributed by atoms with Crippen molar-refractivity contribution in [2.24, 2.45) is 5.92 Å². The third-order valence-electron chi connectivity index (χ3n) is 4.15. The zero-order valence-corrected chi connectivity index (χ0v) is 13.9. The van der Waals surface area contributed by atoms with Gasteiger partial charge in [-0.1, -0.05) is 0 Å². The molecule has 1 atom stereocenters. The first-order valence-corrected chi connectivity index (χ1v) is 8.11. The lowest BCUT2D eigenvalue weighted by Gasteiger charge is -2.25. The van der Waals surface area contributed by atoms with E-state index in [0.717, 1.165) is 18.5 Å². The third kappa shape index (κ3) is 3.31. The Morgan fingerprint density at radius 1 is 1.41 bits per heavy atom. The molecule has 1 N–H and O–H groups in total. The molecule has 0 spiro atoms. The van der Waals surface area contributed by atoms with Crippen molar-refractivity contribution in [2.75, 3.05) is 13.1 Å². The van der Waals surface area contributed by atoms with Gasteiger partial charge in [-0.05, 0) is 40.5 Å². The molecule has 0 radical (unpaired) electrons. The van der Waals surface area contributed by atoms with E-state index in [1.54, 1.807) is 11.2 Å². The van der Waals surface area contributed by atoms with Crippen LogP contribution in [0.5, 0.6) is 0 Å². The highest BCUT2D eigenvalue weighted by molar-refractivity contribution is 5.93. The molecule has 0 aromatic carbocycles. The van der Waals surface area contributed by atoms with Crippen molar-refractivity contribution in [3.63, 3.8) is 0 Å². The minimum atomic E-state index is -0.0412. The van der Waals surface area contributed by atoms with Crippen molar-refractivity contribution in [3.05, 3.63) is 17.7 Å². The normalized spacial score (nSPS) is 17.2. The van der Waals surface area contributed by atoms with Crippen molar-refractivity contribution in [1.29, 1.82) is 0 Å². The molecule has 2 heterocycles. The molecule has 0 saturated carbocycles. The number of amides is 2. The van der Waals surface area contributed by atoms with Gasteiger partial charge in [0.25, 0.3) is 5.91 Å². The fourth-order valence-electron chi connectivity index (χ4n) is 2.92. The minimum Gasteiger partial charge on any atom is -0.354 e. The molecule has 0 fully saturated rings. The van der Waals surface area contributed by atoms with Crippen LogP contribution < -0.4 is 5.32 Å². The summed E-state index contributed by atoms with van der Waals surface area (Å²) in [5, 5.41) is 2.96. The van der Waals surface area contributed by atoms with E-state index in [1.807, 2.05) is 32.3 Å². The Balaban J connectivity index is 2.13. The highest BCUT2D eigenvalue weighted by Crippen LogP contribution is 2.23. The van der Waals surface area contributed by atoms with Crippen LogP contribution in [0.3, 0.4) is 0 Å². The van der Waals surface area contributed by atoms with Gasteiger partial charge in [0, 0.05) is 25.7 Å². The molecule has 1 aliphatic rings. The molecule has 122 valence electrons. The first-order chi connectivity index (χ1) is 10.5. The van der Waals surface area contributed by atoms with Gasteiger partial charge in [0.2, 0.25) is 5.91 Å². The number of hydrogen-bond donors (Lipinski definition) is 1. The second-order valence-corrected chi connectivity index (χ2v) is 6.07. The molecule has 1 aliphatic heterocycles. The molecule has 2 amide bonds. The summed E-state index contributed by atoms with van der Waals surface area (Å²) in [6.45, 7) is 9.83. The Morgan fingerprint density at radius 2 is 2.09 bits per heavy atom. The molecule has 6 nitrogen and oxygen atoms in total. The second-order valence-electron chi connectivity index (χ2n) is 6.07. The van der Waals surface area contributed by atoms with Crippen molar-refractivity contribution < 1.29 is 9.59 Å². The molecule has 0 saturated heterocycles. The van der Waals surface area contributed by atoms with Gasteiger partial charge >= 0.3 is 0 Å². The van der Waals surface area contributed by atoms with E-state index >= 15 is 0 Å². The Bertz CT molecular complexity index is 546. The van der Waals surface area contributed by atoms with Gasteiger partial charge in [-0.15, -0.1) is 0 Å². The summed E-state index contributed by atoms with van der Waals surface area (Å²) in [5.41, 5.74) is 1.51. The summed E-state index contributed by atoms with van der Waals surface area (Å²) in [6.07, 6.45) is 3.18. The standard InChI is InChI=1S/C16H26N4O2/c1-5-19(6-2)16(22)14-13-8-7-12(9-20(13)10-17-14)15(21)18-11(3)4/h10-12H,5-9H2,1-4H3,(H,18,21). The molecule has 1 unspecified atom stereocenters. The number of hydrogen-bond acceptors (Lipinski definition) is 3. The number of carbonyl (C=O) groups excluding carboxylic acids is 2. The first-order valence-electron chi connectivity index (χ1n) is 8.11. The molecule has 1 aromatic heterocycles. The third-order valence-corrected chi connectivity index (χ3v) is 4.15. The maximum atomic E-state index is 12.5. The van der Waals surface area contributed by atoms with Gasteiger partial charge in [0.1, 0.15) is 5.69 Å². The van der Waals surface area contributed by atoms with Crippen LogP contribution in [0, 0.1) is 5.92 Å². The average molecular weight is 306 g/mol. The topological polar surface area (TPSA) is 67.2 Å². The van der Waals surface area contributed by atoms with E-state index < -0.39 is 0 Å². The van der Waals surface area contributed by atoms with Gasteiger partial charge in [-0.2, -0.15) is 0 Å². The highest BCUT2D eigenvalue weighted by atomic mass is 16.2. The van der Waals surface area contributed by atoms with Crippen molar-refractivity contribution in [1.82, 2.24) is 19.8 Å². The molecule has 1 aromatic rings. The largest absolute Gasteiger partial charge is 0.354 e. The van der Waals surface area contributed by atoms with Crippen molar-refractivity contribution >= 4 is 11.8 Å². The zero-order valence-electron chi connectivity index (χ0n) is 13.9. The highest BCUT2D eigenvalue weighted by Gasteiger charge is 2.29. The van der Waals surface area contributed by atoms with E-state index in [0.29, 0.717) is 25.3 Å².